The molecule has 9 nitrogen and oxygen atoms in total. The second kappa shape index (κ2) is 11.0. The second-order valence-corrected chi connectivity index (χ2v) is 8.63. The van der Waals surface area contributed by atoms with Gasteiger partial charge < -0.3 is 10.6 Å². The monoisotopic (exact) mass is 495 g/mol. The predicted octanol–water partition coefficient (Wildman–Crippen LogP) is 3.72. The molecule has 1 heterocycles. The molecule has 2 aromatic carbocycles. The third-order valence-corrected chi connectivity index (χ3v) is 5.89. The highest BCUT2D eigenvalue weighted by atomic mass is 35.5. The van der Waals surface area contributed by atoms with Gasteiger partial charge in [0, 0.05) is 37.3 Å². The van der Waals surface area contributed by atoms with Crippen LogP contribution in [-0.4, -0.2) is 20.9 Å². The van der Waals surface area contributed by atoms with E-state index in [9.17, 15) is 19.2 Å². The molecule has 1 atom stereocenters. The summed E-state index contributed by atoms with van der Waals surface area (Å²) in [5, 5.41) is 15.0. The molecular formula is C25H26ClN5O4. The molecule has 0 fully saturated rings. The van der Waals surface area contributed by atoms with Crippen LogP contribution in [0.2, 0.25) is 5.02 Å². The Morgan fingerprint density at radius 1 is 0.971 bits per heavy atom. The van der Waals surface area contributed by atoms with Crippen LogP contribution < -0.4 is 21.9 Å². The molecule has 2 N–H and O–H groups in total. The molecule has 0 aliphatic rings. The van der Waals surface area contributed by atoms with Crippen molar-refractivity contribution in [2.75, 3.05) is 10.6 Å². The fraction of sp³-hybridized carbons (Fsp3) is 0.320. The maximum Gasteiger partial charge on any atom is 0.331 e. The summed E-state index contributed by atoms with van der Waals surface area (Å²) >= 11 is 5.99. The van der Waals surface area contributed by atoms with E-state index in [2.05, 4.69) is 10.6 Å². The zero-order chi connectivity index (χ0) is 25.7. The molecule has 0 bridgehead atoms. The van der Waals surface area contributed by atoms with Crippen LogP contribution in [0, 0.1) is 17.2 Å². The van der Waals surface area contributed by atoms with Crippen molar-refractivity contribution in [3.63, 3.8) is 0 Å². The number of aromatic nitrogens is 2. The van der Waals surface area contributed by atoms with Crippen molar-refractivity contribution in [3.05, 3.63) is 67.8 Å². The lowest BCUT2D eigenvalue weighted by Crippen LogP contribution is -2.39. The van der Waals surface area contributed by atoms with Gasteiger partial charge >= 0.3 is 5.69 Å². The van der Waals surface area contributed by atoms with Crippen LogP contribution in [0.25, 0.3) is 10.9 Å². The Balaban J connectivity index is 1.66. The van der Waals surface area contributed by atoms with E-state index in [0.29, 0.717) is 34.4 Å². The standard InChI is InChI=1S/C25H26ClN5O4/c1-4-30-21-9-8-17(12-19(21)24(34)31(5-2)25(30)35)28-22(32)10-15(3)11-23(33)29-18-7-6-16(14-27)20(26)13-18/h6-9,12-13,15H,4-5,10-11H2,1-3H3,(H,28,32)(H,29,33). The summed E-state index contributed by atoms with van der Waals surface area (Å²) in [6, 6.07) is 11.4. The van der Waals surface area contributed by atoms with Gasteiger partial charge in [-0.25, -0.2) is 4.79 Å². The summed E-state index contributed by atoms with van der Waals surface area (Å²) in [5.41, 5.74) is 0.969. The zero-order valence-electron chi connectivity index (χ0n) is 19.7. The first kappa shape index (κ1) is 25.7. The molecule has 0 saturated carbocycles. The van der Waals surface area contributed by atoms with Crippen LogP contribution in [0.1, 0.15) is 39.2 Å². The molecular weight excluding hydrogens is 470 g/mol. The molecule has 0 aliphatic carbocycles. The van der Waals surface area contributed by atoms with E-state index in [1.54, 1.807) is 38.1 Å². The lowest BCUT2D eigenvalue weighted by Gasteiger charge is -2.14. The van der Waals surface area contributed by atoms with Gasteiger partial charge in [0.15, 0.2) is 0 Å². The van der Waals surface area contributed by atoms with Crippen molar-refractivity contribution in [3.8, 4) is 6.07 Å². The number of nitrogens with one attached hydrogen (secondary N) is 2. The number of aryl methyl sites for hydroxylation is 1. The van der Waals surface area contributed by atoms with Crippen LogP contribution in [0.4, 0.5) is 11.4 Å². The molecule has 2 amide bonds. The van der Waals surface area contributed by atoms with Crippen LogP contribution in [0.3, 0.4) is 0 Å². The minimum absolute atomic E-state index is 0.0905. The molecule has 182 valence electrons. The smallest absolute Gasteiger partial charge is 0.326 e. The van der Waals surface area contributed by atoms with Gasteiger partial charge in [-0.15, -0.1) is 0 Å². The highest BCUT2D eigenvalue weighted by Crippen LogP contribution is 2.21. The van der Waals surface area contributed by atoms with Gasteiger partial charge in [0.05, 0.1) is 21.5 Å². The fourth-order valence-corrected chi connectivity index (χ4v) is 4.12. The van der Waals surface area contributed by atoms with Gasteiger partial charge in [-0.05, 0) is 56.2 Å². The minimum Gasteiger partial charge on any atom is -0.326 e. The van der Waals surface area contributed by atoms with E-state index < -0.39 is 5.56 Å². The number of carbonyl (C=O) groups is 2. The number of carbonyl (C=O) groups excluding carboxylic acids is 2. The summed E-state index contributed by atoms with van der Waals surface area (Å²) in [4.78, 5) is 50.2. The SMILES string of the molecule is CCn1c(=O)c2cc(NC(=O)CC(C)CC(=O)Nc3ccc(C#N)c(Cl)c3)ccc2n(CC)c1=O. The highest BCUT2D eigenvalue weighted by molar-refractivity contribution is 6.32. The van der Waals surface area contributed by atoms with Crippen molar-refractivity contribution in [1.82, 2.24) is 9.13 Å². The number of hydrogen-bond donors (Lipinski definition) is 2. The van der Waals surface area contributed by atoms with Crippen molar-refractivity contribution in [1.29, 1.82) is 5.26 Å². The van der Waals surface area contributed by atoms with Gasteiger partial charge in [0.1, 0.15) is 6.07 Å². The number of rotatable bonds is 8. The van der Waals surface area contributed by atoms with Crippen LogP contribution in [-0.2, 0) is 22.7 Å². The number of anilines is 2. The molecule has 0 spiro atoms. The molecule has 0 radical (unpaired) electrons. The number of nitrogens with zero attached hydrogens (tertiary/aromatic N) is 3. The van der Waals surface area contributed by atoms with Crippen molar-refractivity contribution in [2.24, 2.45) is 5.92 Å². The van der Waals surface area contributed by atoms with E-state index >= 15 is 0 Å². The zero-order valence-corrected chi connectivity index (χ0v) is 20.5. The average Bonchev–Trinajstić information content (AvgIpc) is 2.80. The molecule has 0 aliphatic heterocycles. The molecule has 35 heavy (non-hydrogen) atoms. The Morgan fingerprint density at radius 2 is 1.54 bits per heavy atom. The third kappa shape index (κ3) is 5.78. The molecule has 3 aromatic rings. The summed E-state index contributed by atoms with van der Waals surface area (Å²) in [7, 11) is 0. The Hall–Kier alpha value is -3.90. The van der Waals surface area contributed by atoms with Gasteiger partial charge in [-0.3, -0.25) is 23.5 Å². The van der Waals surface area contributed by atoms with E-state index in [4.69, 9.17) is 16.9 Å². The van der Waals surface area contributed by atoms with Crippen LogP contribution >= 0.6 is 11.6 Å². The molecule has 1 unspecified atom stereocenters. The number of benzene rings is 2. The van der Waals surface area contributed by atoms with Crippen LogP contribution in [0.5, 0.6) is 0 Å². The highest BCUT2D eigenvalue weighted by Gasteiger charge is 2.16. The van der Waals surface area contributed by atoms with Crippen molar-refractivity contribution < 1.29 is 9.59 Å². The van der Waals surface area contributed by atoms with Gasteiger partial charge in [-0.1, -0.05) is 18.5 Å². The maximum absolute atomic E-state index is 12.8. The largest absolute Gasteiger partial charge is 0.331 e. The number of nitriles is 1. The number of hydrogen-bond acceptors (Lipinski definition) is 5. The Bertz CT molecular complexity index is 1450. The number of fused-ring (bicyclic) bond motifs is 1. The number of halogens is 1. The molecule has 10 heteroatoms. The van der Waals surface area contributed by atoms with Gasteiger partial charge in [0.2, 0.25) is 11.8 Å². The van der Waals surface area contributed by atoms with Crippen LogP contribution in [0.15, 0.2) is 46.0 Å². The minimum atomic E-state index is -0.402. The molecule has 0 saturated heterocycles. The summed E-state index contributed by atoms with van der Waals surface area (Å²) in [6.45, 7) is 6.00. The van der Waals surface area contributed by atoms with Gasteiger partial charge in [0.25, 0.3) is 5.56 Å². The predicted molar refractivity (Wildman–Crippen MR) is 136 cm³/mol. The summed E-state index contributed by atoms with van der Waals surface area (Å²) < 4.78 is 2.69. The fourth-order valence-electron chi connectivity index (χ4n) is 3.90. The summed E-state index contributed by atoms with van der Waals surface area (Å²) in [6.07, 6.45) is 0.194. The first-order chi connectivity index (χ1) is 16.7. The molecule has 1 aromatic heterocycles. The van der Waals surface area contributed by atoms with Crippen molar-refractivity contribution in [2.45, 2.75) is 46.7 Å². The van der Waals surface area contributed by atoms with E-state index in [0.717, 1.165) is 0 Å². The average molecular weight is 496 g/mol. The van der Waals surface area contributed by atoms with E-state index in [-0.39, 0.29) is 47.8 Å². The van der Waals surface area contributed by atoms with E-state index in [1.165, 1.54) is 21.3 Å². The second-order valence-electron chi connectivity index (χ2n) is 8.22. The first-order valence-electron chi connectivity index (χ1n) is 11.2. The topological polar surface area (TPSA) is 126 Å². The van der Waals surface area contributed by atoms with Crippen molar-refractivity contribution >= 4 is 45.7 Å². The Labute approximate surface area is 206 Å². The normalized spacial score (nSPS) is 11.6. The third-order valence-electron chi connectivity index (χ3n) is 5.58. The molecule has 3 rings (SSSR count). The first-order valence-corrected chi connectivity index (χ1v) is 11.6. The lowest BCUT2D eigenvalue weighted by molar-refractivity contribution is -0.118. The van der Waals surface area contributed by atoms with Gasteiger partial charge in [-0.2, -0.15) is 5.26 Å². The lowest BCUT2D eigenvalue weighted by atomic mass is 10.0. The summed E-state index contributed by atoms with van der Waals surface area (Å²) in [5.74, 6) is -0.841. The van der Waals surface area contributed by atoms with E-state index in [1.807, 2.05) is 13.0 Å². The quantitative estimate of drug-likeness (QED) is 0.492. The number of amides is 2. The maximum atomic E-state index is 12.8. The Morgan fingerprint density at radius 3 is 2.09 bits per heavy atom. The Kier molecular flexibility index (Phi) is 8.10.